The van der Waals surface area contributed by atoms with Gasteiger partial charge in [0, 0.05) is 19.6 Å². The van der Waals surface area contributed by atoms with Crippen LogP contribution in [0.25, 0.3) is 0 Å². The number of amides is 1. The third-order valence-electron chi connectivity index (χ3n) is 4.34. The van der Waals surface area contributed by atoms with Gasteiger partial charge in [-0.25, -0.2) is 0 Å². The van der Waals surface area contributed by atoms with Crippen LogP contribution in [0.15, 0.2) is 0 Å². The number of nitrogens with zero attached hydrogens (tertiary/aromatic N) is 1. The molecule has 0 aromatic heterocycles. The average Bonchev–Trinajstić information content (AvgIpc) is 2.50. The van der Waals surface area contributed by atoms with Crippen molar-refractivity contribution in [3.05, 3.63) is 0 Å². The largest absolute Gasteiger partial charge is 0.469 e. The van der Waals surface area contributed by atoms with Crippen LogP contribution >= 0.6 is 0 Å². The molecule has 2 N–H and O–H groups in total. The molecule has 1 saturated carbocycles. The predicted octanol–water partition coefficient (Wildman–Crippen LogP) is 1.94. The zero-order valence-corrected chi connectivity index (χ0v) is 13.7. The predicted molar refractivity (Wildman–Crippen MR) is 82.6 cm³/mol. The van der Waals surface area contributed by atoms with Crippen molar-refractivity contribution in [3.63, 3.8) is 0 Å². The van der Waals surface area contributed by atoms with Gasteiger partial charge in [-0.1, -0.05) is 33.1 Å². The van der Waals surface area contributed by atoms with Crippen LogP contribution in [0, 0.1) is 11.3 Å². The highest BCUT2D eigenvalue weighted by Gasteiger charge is 2.40. The van der Waals surface area contributed by atoms with Gasteiger partial charge in [0.2, 0.25) is 5.91 Å². The summed E-state index contributed by atoms with van der Waals surface area (Å²) < 4.78 is 4.68. The fourth-order valence-corrected chi connectivity index (χ4v) is 3.11. The summed E-state index contributed by atoms with van der Waals surface area (Å²) in [5.41, 5.74) is 5.54. The van der Waals surface area contributed by atoms with Gasteiger partial charge in [0.05, 0.1) is 18.9 Å². The van der Waals surface area contributed by atoms with Crippen molar-refractivity contribution in [2.75, 3.05) is 26.7 Å². The Labute approximate surface area is 128 Å². The molecule has 5 nitrogen and oxygen atoms in total. The number of esters is 1. The van der Waals surface area contributed by atoms with E-state index in [1.807, 2.05) is 4.90 Å². The lowest BCUT2D eigenvalue weighted by Gasteiger charge is -2.39. The lowest BCUT2D eigenvalue weighted by Crippen LogP contribution is -2.50. The Morgan fingerprint density at radius 1 is 1.24 bits per heavy atom. The van der Waals surface area contributed by atoms with Crippen LogP contribution in [-0.2, 0) is 14.3 Å². The summed E-state index contributed by atoms with van der Waals surface area (Å²) in [4.78, 5) is 26.2. The highest BCUT2D eigenvalue weighted by molar-refractivity contribution is 5.83. The number of rotatable bonds is 7. The fraction of sp³-hybridized carbons (Fsp3) is 0.875. The third-order valence-corrected chi connectivity index (χ3v) is 4.34. The van der Waals surface area contributed by atoms with E-state index in [2.05, 4.69) is 18.6 Å². The van der Waals surface area contributed by atoms with Crippen molar-refractivity contribution in [1.29, 1.82) is 0 Å². The molecule has 5 heteroatoms. The number of carbonyl (C=O) groups excluding carboxylic acids is 2. The van der Waals surface area contributed by atoms with Crippen LogP contribution < -0.4 is 5.73 Å². The lowest BCUT2D eigenvalue weighted by atomic mass is 9.73. The molecule has 0 radical (unpaired) electrons. The number of hydrogen-bond donors (Lipinski definition) is 1. The molecule has 1 aliphatic rings. The van der Waals surface area contributed by atoms with Gasteiger partial charge >= 0.3 is 5.97 Å². The van der Waals surface area contributed by atoms with Crippen LogP contribution in [0.1, 0.15) is 52.4 Å². The first-order valence-corrected chi connectivity index (χ1v) is 8.01. The van der Waals surface area contributed by atoms with Crippen LogP contribution in [0.2, 0.25) is 0 Å². The molecule has 0 spiro atoms. The molecule has 0 aromatic rings. The fourth-order valence-electron chi connectivity index (χ4n) is 3.11. The molecule has 0 saturated heterocycles. The Morgan fingerprint density at radius 2 is 1.86 bits per heavy atom. The second-order valence-corrected chi connectivity index (χ2v) is 6.52. The zero-order valence-electron chi connectivity index (χ0n) is 13.7. The molecule has 0 heterocycles. The summed E-state index contributed by atoms with van der Waals surface area (Å²) in [6.07, 6.45) is 5.30. The van der Waals surface area contributed by atoms with Gasteiger partial charge in [-0.05, 0) is 18.8 Å². The van der Waals surface area contributed by atoms with Crippen LogP contribution in [0.3, 0.4) is 0 Å². The highest BCUT2D eigenvalue weighted by Crippen LogP contribution is 2.37. The highest BCUT2D eigenvalue weighted by atomic mass is 16.5. The van der Waals surface area contributed by atoms with Gasteiger partial charge in [-0.3, -0.25) is 9.59 Å². The molecule has 21 heavy (non-hydrogen) atoms. The lowest BCUT2D eigenvalue weighted by molar-refractivity contribution is -0.146. The molecule has 122 valence electrons. The number of hydrogen-bond acceptors (Lipinski definition) is 4. The Balaban J connectivity index is 2.79. The Kier molecular flexibility index (Phi) is 7.15. The summed E-state index contributed by atoms with van der Waals surface area (Å²) in [6.45, 7) is 5.64. The first-order valence-electron chi connectivity index (χ1n) is 8.01. The van der Waals surface area contributed by atoms with Crippen LogP contribution in [-0.4, -0.2) is 43.5 Å². The Morgan fingerprint density at radius 3 is 2.33 bits per heavy atom. The van der Waals surface area contributed by atoms with E-state index >= 15 is 0 Å². The van der Waals surface area contributed by atoms with E-state index in [-0.39, 0.29) is 18.3 Å². The smallest absolute Gasteiger partial charge is 0.307 e. The van der Waals surface area contributed by atoms with Gasteiger partial charge in [-0.2, -0.15) is 0 Å². The monoisotopic (exact) mass is 298 g/mol. The van der Waals surface area contributed by atoms with Crippen molar-refractivity contribution in [2.24, 2.45) is 17.1 Å². The Hall–Kier alpha value is -1.10. The first-order chi connectivity index (χ1) is 9.95. The zero-order chi connectivity index (χ0) is 15.9. The number of methoxy groups -OCH3 is 1. The molecule has 0 aromatic carbocycles. The minimum atomic E-state index is -0.413. The molecule has 1 rings (SSSR count). The summed E-state index contributed by atoms with van der Waals surface area (Å²) in [7, 11) is 1.37. The Bertz CT molecular complexity index is 349. The van der Waals surface area contributed by atoms with Crippen LogP contribution in [0.5, 0.6) is 0 Å². The maximum absolute atomic E-state index is 13.0. The molecule has 0 atom stereocenters. The molecule has 1 amide bonds. The maximum Gasteiger partial charge on any atom is 0.307 e. The second kappa shape index (κ2) is 8.37. The number of carbonyl (C=O) groups is 2. The van der Waals surface area contributed by atoms with E-state index in [4.69, 9.17) is 5.73 Å². The van der Waals surface area contributed by atoms with Gasteiger partial charge in [0.15, 0.2) is 0 Å². The molecule has 0 bridgehead atoms. The third kappa shape index (κ3) is 4.99. The molecular weight excluding hydrogens is 268 g/mol. The van der Waals surface area contributed by atoms with E-state index in [1.54, 1.807) is 0 Å². The van der Waals surface area contributed by atoms with E-state index in [9.17, 15) is 9.59 Å². The molecule has 0 aliphatic heterocycles. The van der Waals surface area contributed by atoms with Crippen LogP contribution in [0.4, 0.5) is 0 Å². The summed E-state index contributed by atoms with van der Waals surface area (Å²) in [6, 6.07) is 0. The quantitative estimate of drug-likeness (QED) is 0.729. The topological polar surface area (TPSA) is 72.6 Å². The summed E-state index contributed by atoms with van der Waals surface area (Å²) >= 11 is 0. The molecule has 1 aliphatic carbocycles. The van der Waals surface area contributed by atoms with E-state index in [0.717, 1.165) is 25.7 Å². The van der Waals surface area contributed by atoms with Gasteiger partial charge < -0.3 is 15.4 Å². The van der Waals surface area contributed by atoms with Gasteiger partial charge in [-0.15, -0.1) is 0 Å². The summed E-state index contributed by atoms with van der Waals surface area (Å²) in [5, 5.41) is 0. The summed E-state index contributed by atoms with van der Waals surface area (Å²) in [5.74, 6) is 0.217. The minimum absolute atomic E-state index is 0.127. The van der Waals surface area contributed by atoms with Crippen molar-refractivity contribution in [1.82, 2.24) is 4.90 Å². The maximum atomic E-state index is 13.0. The SMILES string of the molecule is COC(=O)CCN(CC(C)C)C(=O)C1(CN)CCCCC1. The van der Waals surface area contributed by atoms with Gasteiger partial charge in [0.1, 0.15) is 0 Å². The van der Waals surface area contributed by atoms with E-state index in [1.165, 1.54) is 13.5 Å². The van der Waals surface area contributed by atoms with Crippen molar-refractivity contribution in [3.8, 4) is 0 Å². The molecular formula is C16H30N2O3. The van der Waals surface area contributed by atoms with E-state index < -0.39 is 5.41 Å². The number of nitrogens with two attached hydrogens (primary N) is 1. The van der Waals surface area contributed by atoms with Crippen molar-refractivity contribution in [2.45, 2.75) is 52.4 Å². The number of ether oxygens (including phenoxy) is 1. The van der Waals surface area contributed by atoms with Gasteiger partial charge in [0.25, 0.3) is 0 Å². The normalized spacial score (nSPS) is 17.6. The van der Waals surface area contributed by atoms with Crippen molar-refractivity contribution < 1.29 is 14.3 Å². The molecule has 1 fully saturated rings. The second-order valence-electron chi connectivity index (χ2n) is 6.52. The standard InChI is InChI=1S/C16H30N2O3/c1-13(2)11-18(10-7-14(19)21-3)15(20)16(12-17)8-5-4-6-9-16/h13H,4-12,17H2,1-3H3. The van der Waals surface area contributed by atoms with E-state index in [0.29, 0.717) is 25.6 Å². The molecule has 0 unspecified atom stereocenters. The first kappa shape index (κ1) is 18.0. The minimum Gasteiger partial charge on any atom is -0.469 e. The average molecular weight is 298 g/mol. The van der Waals surface area contributed by atoms with Crippen molar-refractivity contribution >= 4 is 11.9 Å².